The molecule has 1 aromatic carbocycles. The molecule has 0 amide bonds. The molecule has 2 heterocycles. The lowest BCUT2D eigenvalue weighted by Crippen LogP contribution is -2.26. The molecule has 3 rings (SSSR count). The lowest BCUT2D eigenvalue weighted by molar-refractivity contribution is 0.103. The van der Waals surface area contributed by atoms with Gasteiger partial charge in [-0.25, -0.2) is 22.5 Å². The first kappa shape index (κ1) is 20.0. The number of halogens is 1. The van der Waals surface area contributed by atoms with Crippen molar-refractivity contribution in [3.05, 3.63) is 53.6 Å². The number of fused-ring (bicyclic) bond motifs is 1. The Kier molecular flexibility index (Phi) is 5.76. The van der Waals surface area contributed by atoms with Gasteiger partial charge in [-0.05, 0) is 37.6 Å². The summed E-state index contributed by atoms with van der Waals surface area (Å²) in [6.07, 6.45) is 3.58. The zero-order valence-corrected chi connectivity index (χ0v) is 16.4. The molecular weight excluding hydrogens is 383 g/mol. The molecule has 3 aromatic rings. The molecule has 9 heteroatoms. The number of rotatable bonds is 8. The minimum absolute atomic E-state index is 0.175. The van der Waals surface area contributed by atoms with Crippen LogP contribution < -0.4 is 10.0 Å². The van der Waals surface area contributed by atoms with Crippen LogP contribution in [0.4, 0.5) is 10.1 Å². The van der Waals surface area contributed by atoms with Crippen LogP contribution >= 0.6 is 0 Å². The first-order valence-electron chi connectivity index (χ1n) is 8.93. The molecule has 0 aliphatic heterocycles. The van der Waals surface area contributed by atoms with Crippen LogP contribution in [-0.2, 0) is 10.0 Å². The molecule has 0 aliphatic carbocycles. The highest BCUT2D eigenvalue weighted by atomic mass is 32.2. The van der Waals surface area contributed by atoms with E-state index in [-0.39, 0.29) is 23.4 Å². The monoisotopic (exact) mass is 404 g/mol. The van der Waals surface area contributed by atoms with Crippen LogP contribution in [0.3, 0.4) is 0 Å². The van der Waals surface area contributed by atoms with Gasteiger partial charge in [0.2, 0.25) is 10.0 Å². The summed E-state index contributed by atoms with van der Waals surface area (Å²) in [5.41, 5.74) is 0.630. The van der Waals surface area contributed by atoms with E-state index in [1.54, 1.807) is 32.2 Å². The van der Waals surface area contributed by atoms with Crippen LogP contribution in [0.2, 0.25) is 0 Å². The average Bonchev–Trinajstić information content (AvgIpc) is 3.10. The predicted molar refractivity (Wildman–Crippen MR) is 106 cm³/mol. The number of anilines is 1. The van der Waals surface area contributed by atoms with E-state index in [1.807, 2.05) is 0 Å². The maximum absolute atomic E-state index is 15.3. The SMILES string of the molecule is CCCNS(=O)(=O)c1ccc(NCC)c(C(=O)c2c[nH]c3ncccc23)c1F. The number of hydrogen-bond donors (Lipinski definition) is 3. The fraction of sp³-hybridized carbons (Fsp3) is 0.263. The highest BCUT2D eigenvalue weighted by Gasteiger charge is 2.28. The maximum Gasteiger partial charge on any atom is 0.243 e. The number of nitrogens with zero attached hydrogens (tertiary/aromatic N) is 1. The van der Waals surface area contributed by atoms with Crippen LogP contribution in [0, 0.1) is 5.82 Å². The molecule has 28 heavy (non-hydrogen) atoms. The van der Waals surface area contributed by atoms with Gasteiger partial charge in [0.15, 0.2) is 11.6 Å². The quantitative estimate of drug-likeness (QED) is 0.501. The van der Waals surface area contributed by atoms with Gasteiger partial charge in [0.25, 0.3) is 0 Å². The zero-order chi connectivity index (χ0) is 20.3. The molecule has 0 fully saturated rings. The smallest absolute Gasteiger partial charge is 0.243 e. The Bertz CT molecular complexity index is 1130. The van der Waals surface area contributed by atoms with Gasteiger partial charge in [-0.3, -0.25) is 4.79 Å². The van der Waals surface area contributed by atoms with Crippen molar-refractivity contribution in [3.8, 4) is 0 Å². The van der Waals surface area contributed by atoms with Crippen LogP contribution in [0.1, 0.15) is 36.2 Å². The molecule has 0 saturated carbocycles. The summed E-state index contributed by atoms with van der Waals surface area (Å²) in [5, 5.41) is 3.46. The topological polar surface area (TPSA) is 104 Å². The van der Waals surface area contributed by atoms with E-state index >= 15 is 4.39 Å². The lowest BCUT2D eigenvalue weighted by atomic mass is 10.0. The number of carbonyl (C=O) groups excluding carboxylic acids is 1. The molecule has 7 nitrogen and oxygen atoms in total. The Morgan fingerprint density at radius 3 is 2.75 bits per heavy atom. The molecule has 0 atom stereocenters. The van der Waals surface area contributed by atoms with Crippen molar-refractivity contribution in [1.82, 2.24) is 14.7 Å². The fourth-order valence-corrected chi connectivity index (χ4v) is 4.13. The second kappa shape index (κ2) is 8.07. The molecule has 0 spiro atoms. The van der Waals surface area contributed by atoms with Crippen molar-refractivity contribution in [3.63, 3.8) is 0 Å². The lowest BCUT2D eigenvalue weighted by Gasteiger charge is -2.14. The summed E-state index contributed by atoms with van der Waals surface area (Å²) in [6, 6.07) is 5.94. The first-order valence-corrected chi connectivity index (χ1v) is 10.4. The van der Waals surface area contributed by atoms with Crippen molar-refractivity contribution < 1.29 is 17.6 Å². The Balaban J connectivity index is 2.17. The number of nitrogens with one attached hydrogen (secondary N) is 3. The van der Waals surface area contributed by atoms with Gasteiger partial charge in [0.1, 0.15) is 10.5 Å². The van der Waals surface area contributed by atoms with Crippen molar-refractivity contribution >= 4 is 32.5 Å². The van der Waals surface area contributed by atoms with E-state index in [9.17, 15) is 13.2 Å². The standard InChI is InChI=1S/C19H21FN4O3S/c1-3-9-24-28(26,27)15-8-7-14(21-4-2)16(17(15)20)18(25)13-11-23-19-12(13)6-5-10-22-19/h5-8,10-11,21,24H,3-4,9H2,1-2H3,(H,22,23). The van der Waals surface area contributed by atoms with Crippen molar-refractivity contribution in [1.29, 1.82) is 0 Å². The Hall–Kier alpha value is -2.78. The summed E-state index contributed by atoms with van der Waals surface area (Å²) in [6.45, 7) is 4.21. The van der Waals surface area contributed by atoms with Gasteiger partial charge in [0.05, 0.1) is 5.56 Å². The summed E-state index contributed by atoms with van der Waals surface area (Å²) in [5.74, 6) is -1.70. The van der Waals surface area contributed by atoms with Crippen molar-refractivity contribution in [2.45, 2.75) is 25.2 Å². The fourth-order valence-electron chi connectivity index (χ4n) is 2.92. The highest BCUT2D eigenvalue weighted by molar-refractivity contribution is 7.89. The number of carbonyl (C=O) groups is 1. The van der Waals surface area contributed by atoms with Gasteiger partial charge in [-0.1, -0.05) is 6.92 Å². The minimum Gasteiger partial charge on any atom is -0.385 e. The summed E-state index contributed by atoms with van der Waals surface area (Å²) in [4.78, 5) is 19.6. The first-order chi connectivity index (χ1) is 13.4. The van der Waals surface area contributed by atoms with E-state index in [4.69, 9.17) is 0 Å². The Morgan fingerprint density at radius 2 is 2.04 bits per heavy atom. The predicted octanol–water partition coefficient (Wildman–Crippen LogP) is 3.05. The molecule has 0 aliphatic rings. The van der Waals surface area contributed by atoms with Gasteiger partial charge in [-0.15, -0.1) is 0 Å². The van der Waals surface area contributed by atoms with Crippen LogP contribution in [0.5, 0.6) is 0 Å². The molecule has 2 aromatic heterocycles. The van der Waals surface area contributed by atoms with Gasteiger partial charge in [0, 0.05) is 42.1 Å². The van der Waals surface area contributed by atoms with E-state index < -0.39 is 26.5 Å². The Labute approximate surface area is 162 Å². The highest BCUT2D eigenvalue weighted by Crippen LogP contribution is 2.29. The third kappa shape index (κ3) is 3.63. The molecule has 0 saturated heterocycles. The number of ketones is 1. The number of sulfonamides is 1. The second-order valence-corrected chi connectivity index (χ2v) is 7.89. The number of benzene rings is 1. The molecule has 0 unspecified atom stereocenters. The molecule has 148 valence electrons. The number of pyridine rings is 1. The summed E-state index contributed by atoms with van der Waals surface area (Å²) >= 11 is 0. The molecule has 0 bridgehead atoms. The van der Waals surface area contributed by atoms with Crippen LogP contribution in [0.25, 0.3) is 11.0 Å². The normalized spacial score (nSPS) is 11.7. The number of H-pyrrole nitrogens is 1. The van der Waals surface area contributed by atoms with Gasteiger partial charge < -0.3 is 10.3 Å². The molecule has 3 N–H and O–H groups in total. The second-order valence-electron chi connectivity index (χ2n) is 6.16. The third-order valence-corrected chi connectivity index (χ3v) is 5.71. The molecule has 0 radical (unpaired) electrons. The number of aromatic nitrogens is 2. The van der Waals surface area contributed by atoms with E-state index in [0.717, 1.165) is 0 Å². The van der Waals surface area contributed by atoms with Gasteiger partial charge >= 0.3 is 0 Å². The Morgan fingerprint density at radius 1 is 1.25 bits per heavy atom. The average molecular weight is 404 g/mol. The summed E-state index contributed by atoms with van der Waals surface area (Å²) < 4.78 is 42.6. The third-order valence-electron chi connectivity index (χ3n) is 4.23. The van der Waals surface area contributed by atoms with Crippen LogP contribution in [0.15, 0.2) is 41.6 Å². The summed E-state index contributed by atoms with van der Waals surface area (Å²) in [7, 11) is -4.08. The number of hydrogen-bond acceptors (Lipinski definition) is 5. The van der Waals surface area contributed by atoms with Gasteiger partial charge in [-0.2, -0.15) is 0 Å². The maximum atomic E-state index is 15.3. The van der Waals surface area contributed by atoms with E-state index in [0.29, 0.717) is 24.0 Å². The largest absolute Gasteiger partial charge is 0.385 e. The number of aromatic amines is 1. The van der Waals surface area contributed by atoms with Crippen LogP contribution in [-0.4, -0.2) is 37.3 Å². The van der Waals surface area contributed by atoms with Crippen molar-refractivity contribution in [2.75, 3.05) is 18.4 Å². The zero-order valence-electron chi connectivity index (χ0n) is 15.5. The van der Waals surface area contributed by atoms with E-state index in [1.165, 1.54) is 18.3 Å². The van der Waals surface area contributed by atoms with E-state index in [2.05, 4.69) is 20.0 Å². The van der Waals surface area contributed by atoms with Crippen molar-refractivity contribution in [2.24, 2.45) is 0 Å². The molecular formula is C19H21FN4O3S. The minimum atomic E-state index is -4.08.